The van der Waals surface area contributed by atoms with Gasteiger partial charge in [-0.05, 0) is 31.0 Å². The number of nitrogens with zero attached hydrogens (tertiary/aromatic N) is 2. The Morgan fingerprint density at radius 2 is 2.12 bits per heavy atom. The molecule has 4 aromatic rings. The number of aromatic nitrogens is 2. The van der Waals surface area contributed by atoms with Crippen molar-refractivity contribution in [2.75, 3.05) is 6.54 Å². The molecular formula is C18H17N3OS2. The topological polar surface area (TPSA) is 46.9 Å². The summed E-state index contributed by atoms with van der Waals surface area (Å²) in [6, 6.07) is 10.4. The second-order valence-electron chi connectivity index (χ2n) is 5.79. The fourth-order valence-corrected chi connectivity index (χ4v) is 5.17. The number of fused-ring (bicyclic) bond motifs is 3. The molecule has 0 saturated carbocycles. The van der Waals surface area contributed by atoms with Crippen LogP contribution in [0.25, 0.3) is 19.5 Å². The third-order valence-corrected chi connectivity index (χ3v) is 6.30. The summed E-state index contributed by atoms with van der Waals surface area (Å²) in [5.41, 5.74) is 1.16. The second-order valence-corrected chi connectivity index (χ2v) is 7.93. The highest BCUT2D eigenvalue weighted by Crippen LogP contribution is 2.39. The minimum Gasteiger partial charge on any atom is -0.351 e. The van der Waals surface area contributed by atoms with Gasteiger partial charge in [-0.15, -0.1) is 22.7 Å². The molecule has 0 fully saturated rings. The van der Waals surface area contributed by atoms with Gasteiger partial charge in [0.1, 0.15) is 0 Å². The quantitative estimate of drug-likeness (QED) is 0.538. The molecule has 6 heteroatoms. The summed E-state index contributed by atoms with van der Waals surface area (Å²) in [6.07, 6.45) is 4.73. The number of carbonyl (C=O) groups is 1. The van der Waals surface area contributed by atoms with E-state index in [2.05, 4.69) is 28.6 Å². The highest BCUT2D eigenvalue weighted by molar-refractivity contribution is 7.33. The molecular weight excluding hydrogens is 338 g/mol. The number of hydrogen-bond acceptors (Lipinski definition) is 4. The lowest BCUT2D eigenvalue weighted by atomic mass is 10.2. The largest absolute Gasteiger partial charge is 0.351 e. The Hall–Kier alpha value is -2.18. The van der Waals surface area contributed by atoms with Crippen LogP contribution >= 0.6 is 22.7 Å². The molecule has 1 amide bonds. The van der Waals surface area contributed by atoms with E-state index in [0.717, 1.165) is 23.4 Å². The number of thiophene rings is 2. The Labute approximate surface area is 147 Å². The van der Waals surface area contributed by atoms with E-state index in [-0.39, 0.29) is 5.91 Å². The Kier molecular flexibility index (Phi) is 4.08. The molecule has 0 aliphatic carbocycles. The standard InChI is InChI=1S/C18H17N3OS2/c1-12-10-20-21(11-12)8-4-7-19-18(22)16-9-15-17(24-16)13-5-2-3-6-14(13)23-15/h2-3,5-6,9-11H,4,7-8H2,1H3,(H,19,22). The first-order valence-corrected chi connectivity index (χ1v) is 9.52. The molecule has 0 unspecified atom stereocenters. The first kappa shape index (κ1) is 15.4. The Bertz CT molecular complexity index is 1010. The predicted molar refractivity (Wildman–Crippen MR) is 101 cm³/mol. The molecule has 122 valence electrons. The minimum absolute atomic E-state index is 0.0177. The normalized spacial score (nSPS) is 11.4. The van der Waals surface area contributed by atoms with Crippen LogP contribution in [0.5, 0.6) is 0 Å². The Balaban J connectivity index is 1.40. The van der Waals surface area contributed by atoms with Crippen molar-refractivity contribution < 1.29 is 4.79 Å². The van der Waals surface area contributed by atoms with Crippen molar-refractivity contribution in [1.82, 2.24) is 15.1 Å². The van der Waals surface area contributed by atoms with Gasteiger partial charge in [0.05, 0.1) is 15.8 Å². The predicted octanol–water partition coefficient (Wildman–Crippen LogP) is 4.44. The zero-order valence-electron chi connectivity index (χ0n) is 13.3. The van der Waals surface area contributed by atoms with E-state index >= 15 is 0 Å². The van der Waals surface area contributed by atoms with Gasteiger partial charge in [-0.2, -0.15) is 5.10 Å². The number of hydrogen-bond donors (Lipinski definition) is 1. The summed E-state index contributed by atoms with van der Waals surface area (Å²) in [7, 11) is 0. The van der Waals surface area contributed by atoms with Crippen LogP contribution < -0.4 is 5.32 Å². The highest BCUT2D eigenvalue weighted by Gasteiger charge is 2.13. The molecule has 0 bridgehead atoms. The van der Waals surface area contributed by atoms with Crippen molar-refractivity contribution in [1.29, 1.82) is 0 Å². The number of benzene rings is 1. The van der Waals surface area contributed by atoms with Gasteiger partial charge in [0, 0.05) is 34.1 Å². The van der Waals surface area contributed by atoms with Gasteiger partial charge in [0.2, 0.25) is 0 Å². The molecule has 0 radical (unpaired) electrons. The zero-order valence-corrected chi connectivity index (χ0v) is 14.9. The van der Waals surface area contributed by atoms with Crippen molar-refractivity contribution in [2.45, 2.75) is 19.9 Å². The van der Waals surface area contributed by atoms with Crippen LogP contribution in [0, 0.1) is 6.92 Å². The monoisotopic (exact) mass is 355 g/mol. The van der Waals surface area contributed by atoms with Gasteiger partial charge in [-0.1, -0.05) is 18.2 Å². The van der Waals surface area contributed by atoms with Crippen molar-refractivity contribution in [3.05, 3.63) is 53.2 Å². The average Bonchev–Trinajstić information content (AvgIpc) is 3.25. The molecule has 24 heavy (non-hydrogen) atoms. The van der Waals surface area contributed by atoms with Crippen molar-refractivity contribution in [2.24, 2.45) is 0 Å². The lowest BCUT2D eigenvalue weighted by Gasteiger charge is -2.04. The van der Waals surface area contributed by atoms with Crippen LogP contribution in [-0.4, -0.2) is 22.2 Å². The van der Waals surface area contributed by atoms with Crippen molar-refractivity contribution in [3.63, 3.8) is 0 Å². The molecule has 0 atom stereocenters. The zero-order chi connectivity index (χ0) is 16.5. The maximum Gasteiger partial charge on any atom is 0.261 e. The van der Waals surface area contributed by atoms with E-state index in [4.69, 9.17) is 0 Å². The molecule has 1 aromatic carbocycles. The van der Waals surface area contributed by atoms with Crippen LogP contribution in [0.2, 0.25) is 0 Å². The van der Waals surface area contributed by atoms with Gasteiger partial charge in [0.15, 0.2) is 0 Å². The number of rotatable bonds is 5. The van der Waals surface area contributed by atoms with Crippen LogP contribution in [0.1, 0.15) is 21.7 Å². The first-order valence-electron chi connectivity index (χ1n) is 7.89. The fourth-order valence-electron chi connectivity index (χ4n) is 2.73. The van der Waals surface area contributed by atoms with Gasteiger partial charge in [-0.3, -0.25) is 9.48 Å². The molecule has 1 N–H and O–H groups in total. The second kappa shape index (κ2) is 6.37. The first-order chi connectivity index (χ1) is 11.7. The SMILES string of the molecule is Cc1cnn(CCCNC(=O)c2cc3sc4ccccc4c3s2)c1. The maximum absolute atomic E-state index is 12.3. The molecule has 0 spiro atoms. The Morgan fingerprint density at radius 1 is 1.25 bits per heavy atom. The number of carbonyl (C=O) groups excluding carboxylic acids is 1. The third kappa shape index (κ3) is 2.95. The van der Waals surface area contributed by atoms with Crippen molar-refractivity contribution >= 4 is 48.1 Å². The van der Waals surface area contributed by atoms with Crippen LogP contribution in [0.15, 0.2) is 42.7 Å². The van der Waals surface area contributed by atoms with Crippen LogP contribution in [-0.2, 0) is 6.54 Å². The molecule has 3 heterocycles. The lowest BCUT2D eigenvalue weighted by Crippen LogP contribution is -2.24. The molecule has 4 nitrogen and oxygen atoms in total. The summed E-state index contributed by atoms with van der Waals surface area (Å²) in [6.45, 7) is 3.50. The number of nitrogens with one attached hydrogen (secondary N) is 1. The van der Waals surface area contributed by atoms with E-state index in [1.54, 1.807) is 22.7 Å². The van der Waals surface area contributed by atoms with E-state index in [9.17, 15) is 4.79 Å². The number of aryl methyl sites for hydroxylation is 2. The van der Waals surface area contributed by atoms with Crippen molar-refractivity contribution in [3.8, 4) is 0 Å². The van der Waals surface area contributed by atoms with E-state index in [0.29, 0.717) is 6.54 Å². The minimum atomic E-state index is 0.0177. The van der Waals surface area contributed by atoms with E-state index in [1.165, 1.54) is 19.5 Å². The highest BCUT2D eigenvalue weighted by atomic mass is 32.1. The molecule has 3 aromatic heterocycles. The molecule has 0 aliphatic heterocycles. The molecule has 0 saturated heterocycles. The summed E-state index contributed by atoms with van der Waals surface area (Å²) in [5.74, 6) is 0.0177. The maximum atomic E-state index is 12.3. The smallest absolute Gasteiger partial charge is 0.261 e. The third-order valence-electron chi connectivity index (χ3n) is 3.89. The Morgan fingerprint density at radius 3 is 2.96 bits per heavy atom. The van der Waals surface area contributed by atoms with Crippen LogP contribution in [0.3, 0.4) is 0 Å². The number of amides is 1. The summed E-state index contributed by atoms with van der Waals surface area (Å²) < 4.78 is 5.60. The van der Waals surface area contributed by atoms with Crippen LogP contribution in [0.4, 0.5) is 0 Å². The summed E-state index contributed by atoms with van der Waals surface area (Å²) >= 11 is 3.33. The summed E-state index contributed by atoms with van der Waals surface area (Å²) in [5, 5.41) is 8.50. The lowest BCUT2D eigenvalue weighted by molar-refractivity contribution is 0.0956. The fraction of sp³-hybridized carbons (Fsp3) is 0.222. The molecule has 4 rings (SSSR count). The summed E-state index contributed by atoms with van der Waals surface area (Å²) in [4.78, 5) is 13.1. The van der Waals surface area contributed by atoms with Gasteiger partial charge < -0.3 is 5.32 Å². The van der Waals surface area contributed by atoms with Gasteiger partial charge in [0.25, 0.3) is 5.91 Å². The average molecular weight is 355 g/mol. The molecule has 0 aliphatic rings. The van der Waals surface area contributed by atoms with E-state index in [1.807, 2.05) is 36.1 Å². The van der Waals surface area contributed by atoms with E-state index < -0.39 is 0 Å². The van der Waals surface area contributed by atoms with Gasteiger partial charge >= 0.3 is 0 Å². The van der Waals surface area contributed by atoms with Gasteiger partial charge in [-0.25, -0.2) is 0 Å².